The van der Waals surface area contributed by atoms with E-state index < -0.39 is 6.23 Å². The van der Waals surface area contributed by atoms with Gasteiger partial charge in [-0.1, -0.05) is 5.21 Å². The predicted molar refractivity (Wildman–Crippen MR) is 111 cm³/mol. The van der Waals surface area contributed by atoms with E-state index in [4.69, 9.17) is 10.5 Å². The Bertz CT molecular complexity index is 1210. The van der Waals surface area contributed by atoms with Crippen LogP contribution in [0, 0.1) is 5.92 Å². The zero-order chi connectivity index (χ0) is 20.7. The fourth-order valence-corrected chi connectivity index (χ4v) is 3.95. The van der Waals surface area contributed by atoms with E-state index in [0.717, 1.165) is 35.9 Å². The first-order valence-electron chi connectivity index (χ1n) is 9.84. The lowest BCUT2D eigenvalue weighted by Gasteiger charge is -2.15. The summed E-state index contributed by atoms with van der Waals surface area (Å²) < 4.78 is 6.87. The van der Waals surface area contributed by atoms with E-state index in [1.807, 2.05) is 30.3 Å². The number of rotatable bonds is 5. The van der Waals surface area contributed by atoms with Gasteiger partial charge in [-0.05, 0) is 43.5 Å². The number of hydrogen-bond acceptors (Lipinski definition) is 9. The van der Waals surface area contributed by atoms with Crippen LogP contribution >= 0.6 is 0 Å². The van der Waals surface area contributed by atoms with Crippen molar-refractivity contribution in [2.24, 2.45) is 11.7 Å². The van der Waals surface area contributed by atoms with Gasteiger partial charge in [0, 0.05) is 23.4 Å². The molecule has 1 aromatic carbocycles. The summed E-state index contributed by atoms with van der Waals surface area (Å²) in [7, 11) is 1.60. The molecule has 30 heavy (non-hydrogen) atoms. The maximum Gasteiger partial charge on any atom is 0.225 e. The Morgan fingerprint density at radius 3 is 2.90 bits per heavy atom. The van der Waals surface area contributed by atoms with Crippen LogP contribution in [0.5, 0.6) is 5.88 Å². The molecule has 2 unspecified atom stereocenters. The van der Waals surface area contributed by atoms with E-state index in [0.29, 0.717) is 23.0 Å². The van der Waals surface area contributed by atoms with Gasteiger partial charge in [0.2, 0.25) is 11.8 Å². The highest BCUT2D eigenvalue weighted by molar-refractivity contribution is 5.82. The molecule has 0 spiro atoms. The zero-order valence-electron chi connectivity index (χ0n) is 16.4. The molecule has 5 rings (SSSR count). The van der Waals surface area contributed by atoms with Crippen LogP contribution in [0.2, 0.25) is 0 Å². The van der Waals surface area contributed by atoms with Gasteiger partial charge >= 0.3 is 0 Å². The van der Waals surface area contributed by atoms with Gasteiger partial charge in [0.1, 0.15) is 6.23 Å². The lowest BCUT2D eigenvalue weighted by molar-refractivity contribution is 0.117. The lowest BCUT2D eigenvalue weighted by Crippen LogP contribution is -2.29. The molecule has 0 radical (unpaired) electrons. The van der Waals surface area contributed by atoms with Gasteiger partial charge in [0.05, 0.1) is 24.5 Å². The van der Waals surface area contributed by atoms with Gasteiger partial charge in [-0.3, -0.25) is 0 Å². The Balaban J connectivity index is 1.45. The maximum absolute atomic E-state index is 9.60. The molecular weight excluding hydrogens is 384 g/mol. The first-order chi connectivity index (χ1) is 14.6. The van der Waals surface area contributed by atoms with Gasteiger partial charge < -0.3 is 20.9 Å². The summed E-state index contributed by atoms with van der Waals surface area (Å²) in [5.74, 6) is 1.18. The number of methoxy groups -OCH3 is 1. The van der Waals surface area contributed by atoms with Crippen LogP contribution in [0.4, 0.5) is 5.95 Å². The quantitative estimate of drug-likeness (QED) is 0.422. The monoisotopic (exact) mass is 406 g/mol. The van der Waals surface area contributed by atoms with E-state index >= 15 is 0 Å². The molecule has 0 bridgehead atoms. The van der Waals surface area contributed by atoms with Crippen LogP contribution in [0.25, 0.3) is 27.8 Å². The minimum absolute atomic E-state index is 0.100. The van der Waals surface area contributed by atoms with Crippen LogP contribution in [0.15, 0.2) is 36.5 Å². The standard InChI is InChI=1S/C20H22N8O2/c1-30-17-7-3-11-9-14(5-6-15(11)24-17)28-19-16(26-27-28)10-22-20(25-19)23-13-4-2-12(8-13)18(21)29/h3,5-7,9-10,12-13,18,29H,2,4,8,21H2,1H3,(H,22,23,25)/t12-,13?,18?/m1/s1. The van der Waals surface area contributed by atoms with Crippen molar-refractivity contribution in [1.82, 2.24) is 29.9 Å². The van der Waals surface area contributed by atoms with Gasteiger partial charge in [0.25, 0.3) is 0 Å². The maximum atomic E-state index is 9.60. The number of nitrogens with zero attached hydrogens (tertiary/aromatic N) is 6. The summed E-state index contributed by atoms with van der Waals surface area (Å²) in [4.78, 5) is 13.4. The summed E-state index contributed by atoms with van der Waals surface area (Å²) in [6.07, 6.45) is 3.46. The average molecular weight is 406 g/mol. The predicted octanol–water partition coefficient (Wildman–Crippen LogP) is 1.62. The highest BCUT2D eigenvalue weighted by atomic mass is 16.5. The summed E-state index contributed by atoms with van der Waals surface area (Å²) >= 11 is 0. The number of aliphatic hydroxyl groups excluding tert-OH is 1. The number of pyridine rings is 1. The van der Waals surface area contributed by atoms with Crippen LogP contribution < -0.4 is 15.8 Å². The first kappa shape index (κ1) is 18.6. The molecule has 3 aromatic heterocycles. The molecule has 4 aromatic rings. The summed E-state index contributed by atoms with van der Waals surface area (Å²) in [5.41, 5.74) is 8.50. The molecule has 154 valence electrons. The summed E-state index contributed by atoms with van der Waals surface area (Å²) in [6.45, 7) is 0. The Morgan fingerprint density at radius 2 is 2.10 bits per heavy atom. The number of aromatic nitrogens is 6. The smallest absolute Gasteiger partial charge is 0.225 e. The molecular formula is C20H22N8O2. The average Bonchev–Trinajstić information content (AvgIpc) is 3.40. The van der Waals surface area contributed by atoms with Crippen molar-refractivity contribution < 1.29 is 9.84 Å². The second-order valence-electron chi connectivity index (χ2n) is 7.54. The molecule has 0 amide bonds. The van der Waals surface area contributed by atoms with Crippen molar-refractivity contribution in [3.05, 3.63) is 36.5 Å². The van der Waals surface area contributed by atoms with E-state index in [1.165, 1.54) is 0 Å². The van der Waals surface area contributed by atoms with Gasteiger partial charge in [-0.25, -0.2) is 9.97 Å². The highest BCUT2D eigenvalue weighted by Crippen LogP contribution is 2.29. The van der Waals surface area contributed by atoms with Crippen molar-refractivity contribution in [2.75, 3.05) is 12.4 Å². The third-order valence-electron chi connectivity index (χ3n) is 5.58. The molecule has 10 nitrogen and oxygen atoms in total. The third-order valence-corrected chi connectivity index (χ3v) is 5.58. The van der Waals surface area contributed by atoms with Gasteiger partial charge in [-0.2, -0.15) is 9.67 Å². The lowest BCUT2D eigenvalue weighted by atomic mass is 10.1. The highest BCUT2D eigenvalue weighted by Gasteiger charge is 2.28. The Hall–Kier alpha value is -3.37. The summed E-state index contributed by atoms with van der Waals surface area (Å²) in [6, 6.07) is 9.77. The second-order valence-corrected chi connectivity index (χ2v) is 7.54. The van der Waals surface area contributed by atoms with Crippen LogP contribution in [-0.4, -0.2) is 54.4 Å². The number of nitrogens with one attached hydrogen (secondary N) is 1. The molecule has 1 aliphatic rings. The third kappa shape index (κ3) is 3.40. The topological polar surface area (TPSA) is 137 Å². The summed E-state index contributed by atoms with van der Waals surface area (Å²) in [5, 5.41) is 22.4. The van der Waals surface area contributed by atoms with E-state index in [9.17, 15) is 5.11 Å². The fraction of sp³-hybridized carbons (Fsp3) is 0.350. The molecule has 0 saturated heterocycles. The largest absolute Gasteiger partial charge is 0.481 e. The molecule has 4 N–H and O–H groups in total. The normalized spacial score (nSPS) is 20.0. The molecule has 0 aliphatic heterocycles. The molecule has 1 fully saturated rings. The SMILES string of the molecule is COc1ccc2cc(-n3nnc4cnc(NC5CC[C@@H](C(N)O)C5)nc43)ccc2n1. The number of anilines is 1. The number of ether oxygens (including phenoxy) is 1. The number of aliphatic hydroxyl groups is 1. The van der Waals surface area contributed by atoms with Crippen LogP contribution in [-0.2, 0) is 0 Å². The fourth-order valence-electron chi connectivity index (χ4n) is 3.95. The zero-order valence-corrected chi connectivity index (χ0v) is 16.4. The van der Waals surface area contributed by atoms with Gasteiger partial charge in [-0.15, -0.1) is 5.10 Å². The number of fused-ring (bicyclic) bond motifs is 2. The number of benzene rings is 1. The number of nitrogens with two attached hydrogens (primary N) is 1. The van der Waals surface area contributed by atoms with Gasteiger partial charge in [0.15, 0.2) is 11.2 Å². The van der Waals surface area contributed by atoms with Crippen LogP contribution in [0.1, 0.15) is 19.3 Å². The van der Waals surface area contributed by atoms with Crippen molar-refractivity contribution >= 4 is 28.0 Å². The molecule has 3 heterocycles. The van der Waals surface area contributed by atoms with Crippen molar-refractivity contribution in [1.29, 1.82) is 0 Å². The molecule has 3 atom stereocenters. The first-order valence-corrected chi connectivity index (χ1v) is 9.84. The Morgan fingerprint density at radius 1 is 1.20 bits per heavy atom. The number of hydrogen-bond donors (Lipinski definition) is 3. The van der Waals surface area contributed by atoms with E-state index in [-0.39, 0.29) is 12.0 Å². The Labute approximate surface area is 172 Å². The molecule has 1 saturated carbocycles. The molecule has 10 heteroatoms. The van der Waals surface area contributed by atoms with E-state index in [2.05, 4.69) is 30.6 Å². The van der Waals surface area contributed by atoms with Crippen molar-refractivity contribution in [3.63, 3.8) is 0 Å². The van der Waals surface area contributed by atoms with E-state index in [1.54, 1.807) is 18.0 Å². The second kappa shape index (κ2) is 7.47. The van der Waals surface area contributed by atoms with Crippen molar-refractivity contribution in [2.45, 2.75) is 31.5 Å². The van der Waals surface area contributed by atoms with Crippen molar-refractivity contribution in [3.8, 4) is 11.6 Å². The van der Waals surface area contributed by atoms with Crippen LogP contribution in [0.3, 0.4) is 0 Å². The molecule has 1 aliphatic carbocycles. The Kier molecular flexibility index (Phi) is 4.64. The minimum Gasteiger partial charge on any atom is -0.481 e. The minimum atomic E-state index is -0.784.